The van der Waals surface area contributed by atoms with Crippen molar-refractivity contribution in [1.29, 1.82) is 0 Å². The molecule has 2 aromatic rings. The summed E-state index contributed by atoms with van der Waals surface area (Å²) in [6.07, 6.45) is 5.12. The molecule has 0 atom stereocenters. The van der Waals surface area contributed by atoms with E-state index in [1.54, 1.807) is 16.8 Å². The lowest BCUT2D eigenvalue weighted by molar-refractivity contribution is 0.313. The highest BCUT2D eigenvalue weighted by molar-refractivity contribution is 5.93. The lowest BCUT2D eigenvalue weighted by Gasteiger charge is -2.27. The lowest BCUT2D eigenvalue weighted by Crippen LogP contribution is -2.31. The summed E-state index contributed by atoms with van der Waals surface area (Å²) in [6.45, 7) is 7.32. The topological polar surface area (TPSA) is 34.2 Å². The van der Waals surface area contributed by atoms with Crippen molar-refractivity contribution < 1.29 is 4.39 Å². The van der Waals surface area contributed by atoms with Crippen LogP contribution >= 0.6 is 0 Å². The highest BCUT2D eigenvalue weighted by Gasteiger charge is 2.17. The van der Waals surface area contributed by atoms with E-state index in [1.807, 2.05) is 6.20 Å². The van der Waals surface area contributed by atoms with Crippen LogP contribution in [-0.4, -0.2) is 29.2 Å². The van der Waals surface area contributed by atoms with E-state index in [1.165, 1.54) is 17.6 Å². The molecule has 0 saturated carbocycles. The van der Waals surface area contributed by atoms with Crippen LogP contribution in [0, 0.1) is 11.7 Å². The number of nitrogen functional groups attached to an aromatic ring is 1. The Bertz CT molecular complexity index is 685. The second kappa shape index (κ2) is 5.53. The van der Waals surface area contributed by atoms with E-state index in [0.717, 1.165) is 42.5 Å². The molecule has 0 saturated heterocycles. The normalized spacial score (nSPS) is 16.7. The molecule has 0 fully saturated rings. The summed E-state index contributed by atoms with van der Waals surface area (Å²) in [5.41, 5.74) is 3.19. The van der Waals surface area contributed by atoms with E-state index in [4.69, 9.17) is 5.84 Å². The minimum atomic E-state index is -0.218. The number of halogens is 1. The molecule has 3 nitrogen and oxygen atoms in total. The third-order valence-corrected chi connectivity index (χ3v) is 3.97. The second-order valence-corrected chi connectivity index (χ2v) is 6.03. The molecule has 0 bridgehead atoms. The van der Waals surface area contributed by atoms with Crippen molar-refractivity contribution in [3.63, 3.8) is 0 Å². The Morgan fingerprint density at radius 1 is 1.33 bits per heavy atom. The number of hydrogen-bond donors (Lipinski definition) is 1. The zero-order chi connectivity index (χ0) is 15.0. The molecule has 1 aliphatic rings. The van der Waals surface area contributed by atoms with Crippen LogP contribution in [0.2, 0.25) is 0 Å². The molecule has 0 unspecified atom stereocenters. The molecule has 1 radical (unpaired) electrons. The van der Waals surface area contributed by atoms with Crippen molar-refractivity contribution in [3.8, 4) is 0 Å². The minimum absolute atomic E-state index is 0.218. The number of nitrogens with zero attached hydrogens (tertiary/aromatic N) is 2. The first-order valence-electron chi connectivity index (χ1n) is 7.31. The molecular formula is C17H21FN3. The monoisotopic (exact) mass is 286 g/mol. The van der Waals surface area contributed by atoms with Crippen molar-refractivity contribution in [2.45, 2.75) is 20.3 Å². The van der Waals surface area contributed by atoms with E-state index in [9.17, 15) is 4.39 Å². The van der Waals surface area contributed by atoms with E-state index >= 15 is 0 Å². The molecule has 21 heavy (non-hydrogen) atoms. The number of aromatic nitrogens is 1. The molecule has 2 heterocycles. The molecule has 0 aliphatic carbocycles. The Kier molecular flexibility index (Phi) is 3.72. The smallest absolute Gasteiger partial charge is 0.123 e. The van der Waals surface area contributed by atoms with Gasteiger partial charge in [-0.25, -0.2) is 4.39 Å². The Hall–Kier alpha value is -1.81. The summed E-state index contributed by atoms with van der Waals surface area (Å²) in [4.78, 5) is 2.42. The number of hydrogen-bond acceptors (Lipinski definition) is 2. The van der Waals surface area contributed by atoms with Gasteiger partial charge in [0.25, 0.3) is 0 Å². The third kappa shape index (κ3) is 2.81. The molecule has 1 aromatic heterocycles. The molecule has 1 aliphatic heterocycles. The van der Waals surface area contributed by atoms with Gasteiger partial charge >= 0.3 is 0 Å². The molecule has 0 spiro atoms. The van der Waals surface area contributed by atoms with Crippen LogP contribution in [0.5, 0.6) is 0 Å². The van der Waals surface area contributed by atoms with Crippen molar-refractivity contribution in [2.24, 2.45) is 0 Å². The zero-order valence-electron chi connectivity index (χ0n) is 12.6. The standard InChI is InChI=1S/C17H21FN3/c1-12(2)10-20-7-5-13(6-8-20)16-11-21(19)17-4-3-14(18)9-15(16)17/h3-5,9,11H,6-8,10,19H2,1-2H3. The number of nitrogens with two attached hydrogens (primary N) is 1. The van der Waals surface area contributed by atoms with Crippen LogP contribution in [0.15, 0.2) is 30.5 Å². The van der Waals surface area contributed by atoms with Gasteiger partial charge in [0.05, 0.1) is 5.52 Å². The first-order chi connectivity index (χ1) is 10.0. The van der Waals surface area contributed by atoms with E-state index < -0.39 is 0 Å². The van der Waals surface area contributed by atoms with Gasteiger partial charge in [0.15, 0.2) is 0 Å². The molecule has 4 heteroatoms. The molecule has 1 aromatic carbocycles. The number of benzene rings is 1. The van der Waals surface area contributed by atoms with Crippen LogP contribution in [0.4, 0.5) is 4.39 Å². The fourth-order valence-electron chi connectivity index (χ4n) is 3.03. The molecule has 0 amide bonds. The van der Waals surface area contributed by atoms with Gasteiger partial charge in [-0.3, -0.25) is 9.58 Å². The van der Waals surface area contributed by atoms with Gasteiger partial charge in [0.1, 0.15) is 5.82 Å². The summed E-state index contributed by atoms with van der Waals surface area (Å²) in [6, 6.07) is 4.76. The van der Waals surface area contributed by atoms with Gasteiger partial charge in [-0.1, -0.05) is 19.9 Å². The van der Waals surface area contributed by atoms with Crippen LogP contribution in [0.3, 0.4) is 0 Å². The lowest BCUT2D eigenvalue weighted by atomic mass is 9.98. The maximum Gasteiger partial charge on any atom is 0.123 e. The summed E-state index contributed by atoms with van der Waals surface area (Å²) in [5.74, 6) is 7.19. The Labute approximate surface area is 124 Å². The second-order valence-electron chi connectivity index (χ2n) is 6.03. The summed E-state index contributed by atoms with van der Waals surface area (Å²) < 4.78 is 15.1. The third-order valence-electron chi connectivity index (χ3n) is 3.97. The predicted octanol–water partition coefficient (Wildman–Crippen LogP) is 3.20. The quantitative estimate of drug-likeness (QED) is 0.879. The average Bonchev–Trinajstić information content (AvgIpc) is 2.76. The summed E-state index contributed by atoms with van der Waals surface area (Å²) >= 11 is 0. The number of rotatable bonds is 3. The van der Waals surface area contributed by atoms with Crippen molar-refractivity contribution in [2.75, 3.05) is 25.5 Å². The number of fused-ring (bicyclic) bond motifs is 1. The summed E-state index contributed by atoms with van der Waals surface area (Å²) in [5, 5.41) is 0.899. The van der Waals surface area contributed by atoms with E-state index in [-0.39, 0.29) is 5.82 Å². The molecule has 2 N–H and O–H groups in total. The maximum absolute atomic E-state index is 13.5. The molecule has 111 valence electrons. The minimum Gasteiger partial charge on any atom is -0.339 e. The van der Waals surface area contributed by atoms with Crippen LogP contribution in [0.1, 0.15) is 25.8 Å². The van der Waals surface area contributed by atoms with Crippen LogP contribution in [0.25, 0.3) is 16.5 Å². The van der Waals surface area contributed by atoms with Crippen LogP contribution in [-0.2, 0) is 0 Å². The van der Waals surface area contributed by atoms with Gasteiger partial charge in [-0.2, -0.15) is 0 Å². The van der Waals surface area contributed by atoms with Gasteiger partial charge in [-0.05, 0) is 36.1 Å². The van der Waals surface area contributed by atoms with Gasteiger partial charge < -0.3 is 5.84 Å². The van der Waals surface area contributed by atoms with E-state index in [2.05, 4.69) is 24.8 Å². The fourth-order valence-corrected chi connectivity index (χ4v) is 3.03. The highest BCUT2D eigenvalue weighted by atomic mass is 19.1. The average molecular weight is 286 g/mol. The molecule has 3 rings (SSSR count). The Balaban J connectivity index is 1.91. The first kappa shape index (κ1) is 14.1. The first-order valence-corrected chi connectivity index (χ1v) is 7.31. The Morgan fingerprint density at radius 3 is 2.81 bits per heavy atom. The molecular weight excluding hydrogens is 265 g/mol. The van der Waals surface area contributed by atoms with Gasteiger partial charge in [0, 0.05) is 36.8 Å². The Morgan fingerprint density at radius 2 is 2.14 bits per heavy atom. The fraction of sp³-hybridized carbons (Fsp3) is 0.353. The van der Waals surface area contributed by atoms with Crippen molar-refractivity contribution in [1.82, 2.24) is 9.58 Å². The van der Waals surface area contributed by atoms with Crippen LogP contribution < -0.4 is 5.84 Å². The van der Waals surface area contributed by atoms with Gasteiger partial charge in [0.2, 0.25) is 0 Å². The van der Waals surface area contributed by atoms with Crippen molar-refractivity contribution >= 4 is 16.5 Å². The largest absolute Gasteiger partial charge is 0.339 e. The SMILES string of the molecule is C[C](C)CN1CC=C(c2cn(N)c3ccc(F)cc23)CC1. The van der Waals surface area contributed by atoms with E-state index in [0.29, 0.717) is 0 Å². The predicted molar refractivity (Wildman–Crippen MR) is 85.7 cm³/mol. The maximum atomic E-state index is 13.5. The highest BCUT2D eigenvalue weighted by Crippen LogP contribution is 2.30. The zero-order valence-corrected chi connectivity index (χ0v) is 12.6. The summed E-state index contributed by atoms with van der Waals surface area (Å²) in [7, 11) is 0. The van der Waals surface area contributed by atoms with Gasteiger partial charge in [-0.15, -0.1) is 0 Å². The van der Waals surface area contributed by atoms with Crippen molar-refractivity contribution in [3.05, 3.63) is 47.8 Å².